The van der Waals surface area contributed by atoms with E-state index in [0.717, 1.165) is 12.8 Å². The first-order valence-corrected chi connectivity index (χ1v) is 4.91. The molecule has 0 saturated heterocycles. The highest BCUT2D eigenvalue weighted by Gasteiger charge is 2.24. The van der Waals surface area contributed by atoms with Crippen LogP contribution in [0, 0.1) is 0 Å². The minimum absolute atomic E-state index is 0.108. The van der Waals surface area contributed by atoms with Crippen LogP contribution in [-0.2, 0) is 0 Å². The van der Waals surface area contributed by atoms with Crippen LogP contribution in [0.2, 0.25) is 0 Å². The molecule has 0 aliphatic rings. The van der Waals surface area contributed by atoms with Gasteiger partial charge in [-0.1, -0.05) is 13.8 Å². The van der Waals surface area contributed by atoms with Crippen LogP contribution >= 0.6 is 0 Å². The minimum atomic E-state index is -0.268. The summed E-state index contributed by atoms with van der Waals surface area (Å²) in [6.45, 7) is 4.20. The fourth-order valence-electron chi connectivity index (χ4n) is 1.33. The summed E-state index contributed by atoms with van der Waals surface area (Å²) in [5.41, 5.74) is -0.268. The van der Waals surface area contributed by atoms with Gasteiger partial charge < -0.3 is 10.4 Å². The third kappa shape index (κ3) is 2.42. The van der Waals surface area contributed by atoms with E-state index in [1.807, 2.05) is 13.8 Å². The van der Waals surface area contributed by atoms with Crippen LogP contribution in [0.5, 0.6) is 0 Å². The van der Waals surface area contributed by atoms with Crippen LogP contribution in [0.15, 0.2) is 18.6 Å². The van der Waals surface area contributed by atoms with Gasteiger partial charge in [-0.25, -0.2) is 4.98 Å². The Hall–Kier alpha value is -1.16. The molecule has 0 aliphatic carbocycles. The van der Waals surface area contributed by atoms with Gasteiger partial charge in [-0.3, -0.25) is 4.98 Å². The summed E-state index contributed by atoms with van der Waals surface area (Å²) in [6.07, 6.45) is 6.64. The number of hydrogen-bond donors (Lipinski definition) is 2. The largest absolute Gasteiger partial charge is 0.394 e. The van der Waals surface area contributed by atoms with Crippen molar-refractivity contribution >= 4 is 5.82 Å². The lowest BCUT2D eigenvalue weighted by molar-refractivity contribution is 0.202. The third-order valence-corrected chi connectivity index (χ3v) is 2.61. The number of hydrogen-bond acceptors (Lipinski definition) is 4. The molecule has 0 saturated carbocycles. The van der Waals surface area contributed by atoms with Crippen LogP contribution < -0.4 is 5.32 Å². The molecule has 78 valence electrons. The molecule has 0 fully saturated rings. The molecule has 1 heterocycles. The van der Waals surface area contributed by atoms with Gasteiger partial charge in [0, 0.05) is 12.4 Å². The summed E-state index contributed by atoms with van der Waals surface area (Å²) in [4.78, 5) is 8.09. The molecular weight excluding hydrogens is 178 g/mol. The predicted octanol–water partition coefficient (Wildman–Crippen LogP) is 1.44. The topological polar surface area (TPSA) is 58.0 Å². The van der Waals surface area contributed by atoms with E-state index in [-0.39, 0.29) is 12.1 Å². The molecule has 0 unspecified atom stereocenters. The molecule has 2 N–H and O–H groups in total. The third-order valence-electron chi connectivity index (χ3n) is 2.61. The Kier molecular flexibility index (Phi) is 3.83. The first-order valence-electron chi connectivity index (χ1n) is 4.91. The van der Waals surface area contributed by atoms with Crippen LogP contribution in [0.25, 0.3) is 0 Å². The molecule has 1 rings (SSSR count). The Morgan fingerprint density at radius 1 is 1.36 bits per heavy atom. The highest BCUT2D eigenvalue weighted by atomic mass is 16.3. The minimum Gasteiger partial charge on any atom is -0.394 e. The second kappa shape index (κ2) is 4.91. The lowest BCUT2D eigenvalue weighted by Gasteiger charge is -2.31. The molecule has 14 heavy (non-hydrogen) atoms. The van der Waals surface area contributed by atoms with Crippen LogP contribution in [0.1, 0.15) is 26.7 Å². The number of aliphatic hydroxyl groups excluding tert-OH is 1. The van der Waals surface area contributed by atoms with E-state index in [1.165, 1.54) is 0 Å². The molecular formula is C10H17N3O. The first kappa shape index (κ1) is 10.9. The summed E-state index contributed by atoms with van der Waals surface area (Å²) < 4.78 is 0. The number of nitrogens with one attached hydrogen (secondary N) is 1. The van der Waals surface area contributed by atoms with E-state index in [9.17, 15) is 5.11 Å². The van der Waals surface area contributed by atoms with Crippen LogP contribution in [0.4, 0.5) is 5.82 Å². The zero-order valence-corrected chi connectivity index (χ0v) is 8.70. The van der Waals surface area contributed by atoms with Crippen LogP contribution in [0.3, 0.4) is 0 Å². The van der Waals surface area contributed by atoms with Gasteiger partial charge in [0.2, 0.25) is 0 Å². The predicted molar refractivity (Wildman–Crippen MR) is 56.1 cm³/mol. The maximum atomic E-state index is 9.33. The number of anilines is 1. The molecule has 0 amide bonds. The van der Waals surface area contributed by atoms with Crippen molar-refractivity contribution in [1.82, 2.24) is 9.97 Å². The normalized spacial score (nSPS) is 11.4. The average molecular weight is 195 g/mol. The summed E-state index contributed by atoms with van der Waals surface area (Å²) in [6, 6.07) is 0. The van der Waals surface area contributed by atoms with E-state index in [0.29, 0.717) is 5.82 Å². The molecule has 0 atom stereocenters. The zero-order valence-electron chi connectivity index (χ0n) is 8.70. The maximum Gasteiger partial charge on any atom is 0.144 e. The van der Waals surface area contributed by atoms with Gasteiger partial charge in [0.1, 0.15) is 5.82 Å². The maximum absolute atomic E-state index is 9.33. The van der Waals surface area contributed by atoms with Gasteiger partial charge in [-0.2, -0.15) is 0 Å². The summed E-state index contributed by atoms with van der Waals surface area (Å²) in [7, 11) is 0. The Labute approximate surface area is 84.4 Å². The van der Waals surface area contributed by atoms with Gasteiger partial charge in [-0.05, 0) is 12.8 Å². The molecule has 0 aromatic carbocycles. The van der Waals surface area contributed by atoms with Gasteiger partial charge in [0.25, 0.3) is 0 Å². The van der Waals surface area contributed by atoms with Crippen LogP contribution in [-0.4, -0.2) is 27.2 Å². The lowest BCUT2D eigenvalue weighted by Crippen LogP contribution is -2.41. The Morgan fingerprint density at radius 3 is 2.50 bits per heavy atom. The zero-order chi connectivity index (χ0) is 10.4. The van der Waals surface area contributed by atoms with E-state index in [4.69, 9.17) is 0 Å². The van der Waals surface area contributed by atoms with E-state index in [2.05, 4.69) is 15.3 Å². The molecule has 0 aliphatic heterocycles. The molecule has 4 heteroatoms. The molecule has 1 aromatic heterocycles. The highest BCUT2D eigenvalue weighted by Crippen LogP contribution is 2.19. The number of aliphatic hydroxyl groups is 1. The summed E-state index contributed by atoms with van der Waals surface area (Å²) in [5, 5.41) is 12.5. The van der Waals surface area contributed by atoms with Crippen molar-refractivity contribution in [2.75, 3.05) is 11.9 Å². The Morgan fingerprint density at radius 2 is 2.07 bits per heavy atom. The highest BCUT2D eigenvalue weighted by molar-refractivity contribution is 5.34. The van der Waals surface area contributed by atoms with Gasteiger partial charge in [0.05, 0.1) is 18.3 Å². The molecule has 0 radical (unpaired) electrons. The number of rotatable bonds is 5. The van der Waals surface area contributed by atoms with Crippen molar-refractivity contribution in [3.63, 3.8) is 0 Å². The summed E-state index contributed by atoms with van der Waals surface area (Å²) in [5.74, 6) is 0.713. The van der Waals surface area contributed by atoms with Crippen molar-refractivity contribution in [2.24, 2.45) is 0 Å². The van der Waals surface area contributed by atoms with Crippen molar-refractivity contribution in [3.05, 3.63) is 18.6 Å². The second-order valence-corrected chi connectivity index (χ2v) is 3.36. The number of aromatic nitrogens is 2. The Balaban J connectivity index is 2.74. The van der Waals surface area contributed by atoms with E-state index in [1.54, 1.807) is 18.6 Å². The van der Waals surface area contributed by atoms with Gasteiger partial charge >= 0.3 is 0 Å². The van der Waals surface area contributed by atoms with Crippen molar-refractivity contribution in [1.29, 1.82) is 0 Å². The number of nitrogens with zero attached hydrogens (tertiary/aromatic N) is 2. The van der Waals surface area contributed by atoms with Gasteiger partial charge in [-0.15, -0.1) is 0 Å². The fourth-order valence-corrected chi connectivity index (χ4v) is 1.33. The molecule has 4 nitrogen and oxygen atoms in total. The van der Waals surface area contributed by atoms with E-state index < -0.39 is 0 Å². The quantitative estimate of drug-likeness (QED) is 0.746. The van der Waals surface area contributed by atoms with Crippen molar-refractivity contribution in [2.45, 2.75) is 32.2 Å². The van der Waals surface area contributed by atoms with Crippen molar-refractivity contribution in [3.8, 4) is 0 Å². The standard InChI is InChI=1S/C10H17N3O/c1-3-10(4-2,8-14)13-9-7-11-5-6-12-9/h5-7,14H,3-4,8H2,1-2H3,(H,12,13). The molecule has 0 spiro atoms. The van der Waals surface area contributed by atoms with Crippen molar-refractivity contribution < 1.29 is 5.11 Å². The molecule has 1 aromatic rings. The SMILES string of the molecule is CCC(CC)(CO)Nc1cnccn1. The first-order chi connectivity index (χ1) is 6.76. The van der Waals surface area contributed by atoms with E-state index >= 15 is 0 Å². The van der Waals surface area contributed by atoms with Gasteiger partial charge in [0.15, 0.2) is 0 Å². The summed E-state index contributed by atoms with van der Waals surface area (Å²) >= 11 is 0. The second-order valence-electron chi connectivity index (χ2n) is 3.36. The Bertz CT molecular complexity index is 251. The average Bonchev–Trinajstić information content (AvgIpc) is 2.28. The molecule has 0 bridgehead atoms. The fraction of sp³-hybridized carbons (Fsp3) is 0.600. The lowest BCUT2D eigenvalue weighted by atomic mass is 9.94. The smallest absolute Gasteiger partial charge is 0.144 e. The monoisotopic (exact) mass is 195 g/mol.